The van der Waals surface area contributed by atoms with Gasteiger partial charge in [0.05, 0.1) is 29.1 Å². The van der Waals surface area contributed by atoms with Crippen LogP contribution in [0.25, 0.3) is 22.3 Å². The first-order valence-corrected chi connectivity index (χ1v) is 22.1. The van der Waals surface area contributed by atoms with Crippen molar-refractivity contribution in [1.82, 2.24) is 0 Å². The summed E-state index contributed by atoms with van der Waals surface area (Å²) in [5, 5.41) is 18.3. The van der Waals surface area contributed by atoms with Gasteiger partial charge in [-0.2, -0.15) is 26.3 Å². The summed E-state index contributed by atoms with van der Waals surface area (Å²) < 4.78 is 96.3. The topological polar surface area (TPSA) is 109 Å². The number of anilines is 2. The number of rotatable bonds is 6. The Morgan fingerprint density at radius 3 is 1.42 bits per heavy atom. The average Bonchev–Trinajstić information content (AvgIpc) is 3.92. The molecule has 2 heterocycles. The van der Waals surface area contributed by atoms with Crippen molar-refractivity contribution in [2.24, 2.45) is 0 Å². The SMILES string of the molecule is CC(C)(C)OC(=O)N1CCc2cc(O)ccc21.CC(C)(C)OC(=O)N1CCc2cc(OCc3ccc(-c4ccccc4)cc3C(F)(F)F)ccc21.OCc1ccc(-c2ccccc2)cc1C(F)(F)F. The summed E-state index contributed by atoms with van der Waals surface area (Å²) in [6.07, 6.45) is -8.35. The van der Waals surface area contributed by atoms with Crippen LogP contribution in [-0.2, 0) is 47.9 Å². The molecule has 2 N–H and O–H groups in total. The van der Waals surface area contributed by atoms with Crippen LogP contribution in [0.2, 0.25) is 0 Å². The Morgan fingerprint density at radius 2 is 0.971 bits per heavy atom. The Kier molecular flexibility index (Phi) is 15.7. The summed E-state index contributed by atoms with van der Waals surface area (Å²) in [7, 11) is 0. The maximum absolute atomic E-state index is 13.8. The minimum absolute atomic E-state index is 0.0584. The quantitative estimate of drug-likeness (QED) is 0.160. The number of phenolic OH excluding ortho intramolecular Hbond substituents is 1. The number of amides is 2. The van der Waals surface area contributed by atoms with Gasteiger partial charge in [0.1, 0.15) is 29.3 Å². The molecule has 6 aromatic carbocycles. The van der Waals surface area contributed by atoms with Gasteiger partial charge in [0, 0.05) is 18.7 Å². The molecule has 0 unspecified atom stereocenters. The molecule has 0 fully saturated rings. The minimum atomic E-state index is -4.50. The molecule has 0 aromatic heterocycles. The molecule has 0 radical (unpaired) electrons. The molecule has 0 saturated carbocycles. The molecule has 2 aliphatic heterocycles. The zero-order valence-electron chi connectivity index (χ0n) is 39.0. The predicted molar refractivity (Wildman–Crippen MR) is 253 cm³/mol. The molecular formula is C54H54F6N2O7. The number of fused-ring (bicyclic) bond motifs is 2. The number of ether oxygens (including phenoxy) is 3. The highest BCUT2D eigenvalue weighted by Gasteiger charge is 2.35. The van der Waals surface area contributed by atoms with Gasteiger partial charge in [-0.1, -0.05) is 84.9 Å². The molecule has 15 heteroatoms. The molecular weight excluding hydrogens is 903 g/mol. The molecule has 0 spiro atoms. The zero-order chi connectivity index (χ0) is 50.3. The number of carbonyl (C=O) groups excluding carboxylic acids is 2. The van der Waals surface area contributed by atoms with E-state index in [9.17, 15) is 41.0 Å². The number of halogens is 6. The van der Waals surface area contributed by atoms with Crippen molar-refractivity contribution < 1.29 is 60.4 Å². The van der Waals surface area contributed by atoms with E-state index in [4.69, 9.17) is 19.3 Å². The van der Waals surface area contributed by atoms with E-state index >= 15 is 0 Å². The number of alkyl halides is 6. The lowest BCUT2D eigenvalue weighted by Crippen LogP contribution is -2.35. The molecule has 6 aromatic rings. The second kappa shape index (κ2) is 21.1. The van der Waals surface area contributed by atoms with Gasteiger partial charge >= 0.3 is 24.5 Å². The smallest absolute Gasteiger partial charge is 0.416 e. The van der Waals surface area contributed by atoms with Gasteiger partial charge < -0.3 is 24.4 Å². The first-order valence-electron chi connectivity index (χ1n) is 22.1. The van der Waals surface area contributed by atoms with E-state index in [1.54, 1.807) is 134 Å². The number of benzene rings is 6. The fourth-order valence-corrected chi connectivity index (χ4v) is 7.60. The Morgan fingerprint density at radius 1 is 0.536 bits per heavy atom. The third-order valence-electron chi connectivity index (χ3n) is 10.7. The second-order valence-electron chi connectivity index (χ2n) is 18.3. The fourth-order valence-electron chi connectivity index (χ4n) is 7.60. The predicted octanol–water partition coefficient (Wildman–Crippen LogP) is 13.8. The van der Waals surface area contributed by atoms with Crippen molar-refractivity contribution in [2.45, 2.75) is 91.2 Å². The highest BCUT2D eigenvalue weighted by atomic mass is 19.4. The molecule has 2 aliphatic rings. The number of aliphatic hydroxyl groups excluding tert-OH is 1. The molecule has 364 valence electrons. The summed E-state index contributed by atoms with van der Waals surface area (Å²) in [5.41, 5.74) is 3.20. The van der Waals surface area contributed by atoms with Crippen LogP contribution >= 0.6 is 0 Å². The first-order chi connectivity index (χ1) is 32.4. The monoisotopic (exact) mass is 956 g/mol. The van der Waals surface area contributed by atoms with Crippen LogP contribution in [0.15, 0.2) is 133 Å². The van der Waals surface area contributed by atoms with E-state index in [2.05, 4.69) is 0 Å². The zero-order valence-corrected chi connectivity index (χ0v) is 39.0. The number of carbonyl (C=O) groups is 2. The second-order valence-corrected chi connectivity index (χ2v) is 18.3. The van der Waals surface area contributed by atoms with Crippen LogP contribution in [0, 0.1) is 0 Å². The lowest BCUT2D eigenvalue weighted by Gasteiger charge is -2.24. The molecule has 2 amide bonds. The van der Waals surface area contributed by atoms with Crippen molar-refractivity contribution in [2.75, 3.05) is 22.9 Å². The number of phenols is 1. The first kappa shape index (κ1) is 51.4. The average molecular weight is 957 g/mol. The van der Waals surface area contributed by atoms with Crippen molar-refractivity contribution in [3.8, 4) is 33.8 Å². The van der Waals surface area contributed by atoms with Gasteiger partial charge in [-0.25, -0.2) is 9.59 Å². The number of aliphatic hydroxyl groups is 1. The third kappa shape index (κ3) is 13.8. The van der Waals surface area contributed by atoms with E-state index in [1.165, 1.54) is 12.1 Å². The van der Waals surface area contributed by atoms with E-state index in [0.717, 1.165) is 41.1 Å². The Bertz CT molecular complexity index is 2730. The van der Waals surface area contributed by atoms with Crippen LogP contribution in [0.4, 0.5) is 47.3 Å². The highest BCUT2D eigenvalue weighted by molar-refractivity contribution is 5.91. The van der Waals surface area contributed by atoms with Gasteiger partial charge in [-0.05, 0) is 142 Å². The van der Waals surface area contributed by atoms with E-state index < -0.39 is 47.4 Å². The van der Waals surface area contributed by atoms with Gasteiger partial charge in [-0.15, -0.1) is 0 Å². The molecule has 8 rings (SSSR count). The maximum atomic E-state index is 13.8. The number of nitrogens with zero attached hydrogens (tertiary/aromatic N) is 2. The van der Waals surface area contributed by atoms with E-state index in [0.29, 0.717) is 47.5 Å². The number of hydrogen-bond acceptors (Lipinski definition) is 7. The fraction of sp³-hybridized carbons (Fsp3) is 0.296. The number of hydrogen-bond donors (Lipinski definition) is 2. The lowest BCUT2D eigenvalue weighted by atomic mass is 9.99. The molecule has 0 atom stereocenters. The normalized spacial score (nSPS) is 13.3. The molecule has 0 bridgehead atoms. The Balaban J connectivity index is 0.000000188. The van der Waals surface area contributed by atoms with Crippen LogP contribution in [0.3, 0.4) is 0 Å². The third-order valence-corrected chi connectivity index (χ3v) is 10.7. The largest absolute Gasteiger partial charge is 0.508 e. The van der Waals surface area contributed by atoms with E-state index in [1.807, 2.05) is 26.8 Å². The highest BCUT2D eigenvalue weighted by Crippen LogP contribution is 2.38. The summed E-state index contributed by atoms with van der Waals surface area (Å²) >= 11 is 0. The lowest BCUT2D eigenvalue weighted by molar-refractivity contribution is -0.139. The summed E-state index contributed by atoms with van der Waals surface area (Å²) in [4.78, 5) is 27.6. The van der Waals surface area contributed by atoms with Gasteiger partial charge in [0.2, 0.25) is 0 Å². The van der Waals surface area contributed by atoms with Crippen molar-refractivity contribution in [3.05, 3.63) is 167 Å². The summed E-state index contributed by atoms with van der Waals surface area (Å²) in [5.74, 6) is 0.680. The van der Waals surface area contributed by atoms with E-state index in [-0.39, 0.29) is 29.6 Å². The Hall–Kier alpha value is -7.00. The van der Waals surface area contributed by atoms with Crippen LogP contribution in [0.5, 0.6) is 11.5 Å². The van der Waals surface area contributed by atoms with Gasteiger partial charge in [-0.3, -0.25) is 9.80 Å². The summed E-state index contributed by atoms with van der Waals surface area (Å²) in [6, 6.07) is 36.2. The minimum Gasteiger partial charge on any atom is -0.508 e. The van der Waals surface area contributed by atoms with Gasteiger partial charge in [0.15, 0.2) is 0 Å². The van der Waals surface area contributed by atoms with Gasteiger partial charge in [0.25, 0.3) is 0 Å². The van der Waals surface area contributed by atoms with Crippen molar-refractivity contribution in [3.63, 3.8) is 0 Å². The summed E-state index contributed by atoms with van der Waals surface area (Å²) in [6.45, 7) is 11.2. The molecule has 0 saturated heterocycles. The Labute approximate surface area is 397 Å². The molecule has 0 aliphatic carbocycles. The molecule has 9 nitrogen and oxygen atoms in total. The number of aromatic hydroxyl groups is 1. The standard InChI is InChI=1S/C27H26F3NO3.C14H11F3O.C13H17NO3/c1-26(2,3)34-25(32)31-14-13-20-15-22(11-12-24(20)31)33-17-21-10-9-19(16-23(21)27(28,29)30)18-7-5-4-6-8-18;15-14(16,17)13-8-11(6-7-12(13)9-18)10-4-2-1-3-5-10;1-13(2,3)17-12(16)14-7-6-9-8-10(15)4-5-11(9)14/h4-12,15-16H,13-14,17H2,1-3H3;1-8,18H,9H2;4-5,8,15H,6-7H2,1-3H3. The van der Waals surface area contributed by atoms with Crippen molar-refractivity contribution >= 4 is 23.6 Å². The maximum Gasteiger partial charge on any atom is 0.416 e. The van der Waals surface area contributed by atoms with Crippen LogP contribution < -0.4 is 14.5 Å². The van der Waals surface area contributed by atoms with Crippen LogP contribution in [-0.4, -0.2) is 46.7 Å². The van der Waals surface area contributed by atoms with Crippen molar-refractivity contribution in [1.29, 1.82) is 0 Å². The molecule has 69 heavy (non-hydrogen) atoms. The van der Waals surface area contributed by atoms with Crippen LogP contribution in [0.1, 0.15) is 74.9 Å².